The second-order valence-corrected chi connectivity index (χ2v) is 4.79. The Balaban J connectivity index is 2.21. The van der Waals surface area contributed by atoms with Crippen LogP contribution in [0.5, 0.6) is 0 Å². The second kappa shape index (κ2) is 5.81. The molecule has 0 amide bonds. The average molecular weight is 306 g/mol. The molecule has 0 bridgehead atoms. The molecule has 0 radical (unpaired) electrons. The molecule has 2 rings (SSSR count). The van der Waals surface area contributed by atoms with E-state index in [4.69, 9.17) is 4.74 Å². The maximum Gasteiger partial charge on any atom is 0.468 e. The Kier molecular flexibility index (Phi) is 4.31. The van der Waals surface area contributed by atoms with Crippen molar-refractivity contribution in [1.29, 1.82) is 0 Å². The summed E-state index contributed by atoms with van der Waals surface area (Å²) in [6.07, 6.45) is -4.20. The van der Waals surface area contributed by atoms with Crippen LogP contribution in [0.15, 0.2) is 21.9 Å². The van der Waals surface area contributed by atoms with E-state index < -0.39 is 50.3 Å². The lowest BCUT2D eigenvalue weighted by Gasteiger charge is -2.16. The highest BCUT2D eigenvalue weighted by molar-refractivity contribution is 7.24. The van der Waals surface area contributed by atoms with Crippen molar-refractivity contribution in [1.82, 2.24) is 9.55 Å². The van der Waals surface area contributed by atoms with E-state index in [1.165, 1.54) is 0 Å². The van der Waals surface area contributed by atoms with Gasteiger partial charge in [-0.2, -0.15) is 0 Å². The van der Waals surface area contributed by atoms with Gasteiger partial charge in [0.1, 0.15) is 18.3 Å². The largest absolute Gasteiger partial charge is 0.468 e. The highest BCUT2D eigenvalue weighted by Gasteiger charge is 2.44. The summed E-state index contributed by atoms with van der Waals surface area (Å²) in [7, 11) is -3.12. The molecule has 3 N–H and O–H groups in total. The first-order valence-corrected chi connectivity index (χ1v) is 6.60. The van der Waals surface area contributed by atoms with Crippen molar-refractivity contribution in [3.8, 4) is 0 Å². The third-order valence-electron chi connectivity index (χ3n) is 2.81. The summed E-state index contributed by atoms with van der Waals surface area (Å²) in [6.45, 7) is -0.495. The number of aliphatic hydroxyl groups is 2. The van der Waals surface area contributed by atoms with Crippen LogP contribution in [-0.4, -0.2) is 44.7 Å². The lowest BCUT2D eigenvalue weighted by Crippen LogP contribution is -2.37. The van der Waals surface area contributed by atoms with Crippen molar-refractivity contribution in [2.75, 3.05) is 6.61 Å². The summed E-state index contributed by atoms with van der Waals surface area (Å²) < 4.78 is 31.0. The molecule has 0 spiro atoms. The highest BCUT2D eigenvalue weighted by Crippen LogP contribution is 2.29. The Morgan fingerprint density at radius 1 is 1.35 bits per heavy atom. The quantitative estimate of drug-likeness (QED) is 0.555. The van der Waals surface area contributed by atoms with Gasteiger partial charge in [0, 0.05) is 12.3 Å². The van der Waals surface area contributed by atoms with Gasteiger partial charge in [-0.25, -0.2) is 13.9 Å². The molecule has 1 saturated heterocycles. The van der Waals surface area contributed by atoms with Crippen molar-refractivity contribution in [2.45, 2.75) is 24.5 Å². The van der Waals surface area contributed by atoms with E-state index in [-0.39, 0.29) is 0 Å². The molecule has 110 valence electrons. The third-order valence-corrected chi connectivity index (χ3v) is 3.17. The van der Waals surface area contributed by atoms with Gasteiger partial charge in [-0.05, 0) is 0 Å². The first kappa shape index (κ1) is 14.8. The van der Waals surface area contributed by atoms with Gasteiger partial charge >= 0.3 is 13.6 Å². The molecule has 0 unspecified atom stereocenters. The van der Waals surface area contributed by atoms with Gasteiger partial charge in [0.05, 0.1) is 6.61 Å². The van der Waals surface area contributed by atoms with Crippen LogP contribution in [0.2, 0.25) is 0 Å². The number of ether oxygens (including phenoxy) is 1. The summed E-state index contributed by atoms with van der Waals surface area (Å²) in [6, 6.07) is 1.04. The SMILES string of the molecule is O=c1ccn([C@@H]2O[C@H](COP(=O)=O)[C@@H](O)[C@H]2O)c(=O)[nH]1. The molecule has 1 aromatic rings. The molecule has 1 fully saturated rings. The topological polar surface area (TPSA) is 148 Å². The number of nitrogens with zero attached hydrogens (tertiary/aromatic N) is 1. The molecule has 11 heteroatoms. The van der Waals surface area contributed by atoms with Gasteiger partial charge in [0.15, 0.2) is 6.23 Å². The van der Waals surface area contributed by atoms with Gasteiger partial charge in [0.25, 0.3) is 5.56 Å². The van der Waals surface area contributed by atoms with Crippen LogP contribution in [0.3, 0.4) is 0 Å². The van der Waals surface area contributed by atoms with Crippen molar-refractivity contribution < 1.29 is 28.6 Å². The maximum absolute atomic E-state index is 11.6. The highest BCUT2D eigenvalue weighted by atomic mass is 31.1. The number of hydrogen-bond acceptors (Lipinski definition) is 8. The average Bonchev–Trinajstić information content (AvgIpc) is 2.64. The Labute approximate surface area is 111 Å². The lowest BCUT2D eigenvalue weighted by molar-refractivity contribution is -0.0511. The van der Waals surface area contributed by atoms with E-state index in [1.807, 2.05) is 4.98 Å². The summed E-state index contributed by atoms with van der Waals surface area (Å²) in [4.78, 5) is 24.5. The monoisotopic (exact) mass is 306 g/mol. The fourth-order valence-electron chi connectivity index (χ4n) is 1.86. The molecular formula is C9H11N2O8P. The van der Waals surface area contributed by atoms with Gasteiger partial charge in [-0.15, -0.1) is 0 Å². The molecule has 10 nitrogen and oxygen atoms in total. The summed E-state index contributed by atoms with van der Waals surface area (Å²) in [5.41, 5.74) is -1.45. The number of H-pyrrole nitrogens is 1. The minimum Gasteiger partial charge on any atom is -0.387 e. The number of hydrogen-bond donors (Lipinski definition) is 3. The molecule has 1 aliphatic rings. The van der Waals surface area contributed by atoms with E-state index in [2.05, 4.69) is 4.52 Å². The zero-order valence-corrected chi connectivity index (χ0v) is 10.8. The molecule has 4 atom stereocenters. The maximum atomic E-state index is 11.6. The molecule has 2 heterocycles. The normalized spacial score (nSPS) is 29.5. The van der Waals surface area contributed by atoms with Crippen molar-refractivity contribution >= 4 is 7.91 Å². The van der Waals surface area contributed by atoms with Crippen LogP contribution >= 0.6 is 7.91 Å². The second-order valence-electron chi connectivity index (χ2n) is 4.08. The van der Waals surface area contributed by atoms with Crippen LogP contribution in [0.25, 0.3) is 0 Å². The van der Waals surface area contributed by atoms with E-state index in [0.29, 0.717) is 0 Å². The van der Waals surface area contributed by atoms with Crippen molar-refractivity contribution in [3.05, 3.63) is 33.1 Å². The van der Waals surface area contributed by atoms with Gasteiger partial charge < -0.3 is 14.9 Å². The first-order valence-electron chi connectivity index (χ1n) is 5.50. The van der Waals surface area contributed by atoms with Crippen LogP contribution in [0.1, 0.15) is 6.23 Å². The fourth-order valence-corrected chi connectivity index (χ4v) is 2.13. The molecule has 0 saturated carbocycles. The predicted molar refractivity (Wildman–Crippen MR) is 61.5 cm³/mol. The molecule has 1 aliphatic heterocycles. The molecule has 20 heavy (non-hydrogen) atoms. The van der Waals surface area contributed by atoms with E-state index >= 15 is 0 Å². The zero-order chi connectivity index (χ0) is 14.9. The summed E-state index contributed by atoms with van der Waals surface area (Å²) >= 11 is 0. The summed E-state index contributed by atoms with van der Waals surface area (Å²) in [5.74, 6) is 0. The minimum atomic E-state index is -3.12. The Bertz CT molecular complexity index is 656. The van der Waals surface area contributed by atoms with Gasteiger partial charge in [-0.1, -0.05) is 0 Å². The number of aromatic nitrogens is 2. The van der Waals surface area contributed by atoms with Crippen molar-refractivity contribution in [3.63, 3.8) is 0 Å². The standard InChI is InChI=1S/C9H11N2O8P/c12-5-1-2-11(9(15)10-5)8-7(14)6(13)4(19-8)3-18-20(16)17/h1-2,4,6-8,13-14H,3H2,(H,10,12,15)/t4-,6-,7-,8-/m1/s1. The third kappa shape index (κ3) is 2.94. The Hall–Kier alpha value is -1.58. The first-order chi connectivity index (χ1) is 9.40. The summed E-state index contributed by atoms with van der Waals surface area (Å²) in [5, 5.41) is 19.5. The number of nitrogens with one attached hydrogen (secondary N) is 1. The zero-order valence-electron chi connectivity index (χ0n) is 9.91. The van der Waals surface area contributed by atoms with Gasteiger partial charge in [0.2, 0.25) is 0 Å². The predicted octanol–water partition coefficient (Wildman–Crippen LogP) is -1.74. The van der Waals surface area contributed by atoms with Crippen LogP contribution in [0.4, 0.5) is 0 Å². The molecule has 0 aromatic carbocycles. The number of rotatable bonds is 4. The van der Waals surface area contributed by atoms with Crippen LogP contribution < -0.4 is 11.2 Å². The van der Waals surface area contributed by atoms with Crippen LogP contribution in [0, 0.1) is 0 Å². The van der Waals surface area contributed by atoms with E-state index in [9.17, 15) is 28.9 Å². The van der Waals surface area contributed by atoms with Crippen molar-refractivity contribution in [2.24, 2.45) is 0 Å². The molecular weight excluding hydrogens is 295 g/mol. The van der Waals surface area contributed by atoms with Crippen LogP contribution in [-0.2, 0) is 18.4 Å². The molecule has 0 aliphatic carbocycles. The van der Waals surface area contributed by atoms with Gasteiger partial charge in [-0.3, -0.25) is 18.9 Å². The van der Waals surface area contributed by atoms with E-state index in [1.54, 1.807) is 0 Å². The lowest BCUT2D eigenvalue weighted by atomic mass is 10.1. The number of aliphatic hydroxyl groups excluding tert-OH is 2. The fraction of sp³-hybridized carbons (Fsp3) is 0.556. The smallest absolute Gasteiger partial charge is 0.387 e. The Morgan fingerprint density at radius 2 is 2.05 bits per heavy atom. The van der Waals surface area contributed by atoms with E-state index in [0.717, 1.165) is 16.8 Å². The number of aromatic amines is 1. The Morgan fingerprint density at radius 3 is 2.65 bits per heavy atom. The molecule has 1 aromatic heterocycles. The minimum absolute atomic E-state index is 0.495.